The molecular formula is C22H18ClNO3S. The molecule has 1 aliphatic rings. The number of halogens is 1. The van der Waals surface area contributed by atoms with Crippen molar-refractivity contribution < 1.29 is 13.2 Å². The molecule has 1 saturated heterocycles. The molecule has 3 aromatic rings. The summed E-state index contributed by atoms with van der Waals surface area (Å²) >= 11 is 6.10. The maximum Gasteiger partial charge on any atom is 0.244 e. The van der Waals surface area contributed by atoms with Gasteiger partial charge in [-0.05, 0) is 36.8 Å². The normalized spacial score (nSPS) is 21.3. The summed E-state index contributed by atoms with van der Waals surface area (Å²) in [6.07, 6.45) is 0. The Hall–Kier alpha value is -2.47. The number of Topliss-reactive ketones (excluding diaryl/α,β-unsaturated/α-hetero) is 1. The molecule has 28 heavy (non-hydrogen) atoms. The number of hydrogen-bond donors (Lipinski definition) is 0. The lowest BCUT2D eigenvalue weighted by Crippen LogP contribution is -2.19. The number of aryl methyl sites for hydroxylation is 1. The second kappa shape index (κ2) is 7.17. The van der Waals surface area contributed by atoms with Gasteiger partial charge in [0.25, 0.3) is 0 Å². The van der Waals surface area contributed by atoms with Gasteiger partial charge < -0.3 is 0 Å². The largest absolute Gasteiger partial charge is 0.292 e. The zero-order chi connectivity index (χ0) is 19.9. The van der Waals surface area contributed by atoms with E-state index in [2.05, 4.69) is 0 Å². The van der Waals surface area contributed by atoms with E-state index in [-0.39, 0.29) is 10.7 Å². The molecule has 142 valence electrons. The highest BCUT2D eigenvalue weighted by atomic mass is 35.5. The predicted molar refractivity (Wildman–Crippen MR) is 109 cm³/mol. The van der Waals surface area contributed by atoms with Crippen LogP contribution in [0.1, 0.15) is 27.5 Å². The van der Waals surface area contributed by atoms with Gasteiger partial charge in [0.05, 0.1) is 10.9 Å². The van der Waals surface area contributed by atoms with E-state index in [0.29, 0.717) is 16.1 Å². The number of rotatable bonds is 5. The van der Waals surface area contributed by atoms with E-state index in [9.17, 15) is 13.2 Å². The van der Waals surface area contributed by atoms with Gasteiger partial charge in [-0.3, -0.25) is 4.79 Å². The molecule has 1 aliphatic heterocycles. The molecule has 0 aliphatic carbocycles. The second-order valence-electron chi connectivity index (χ2n) is 6.82. The number of sulfonamides is 1. The summed E-state index contributed by atoms with van der Waals surface area (Å²) in [5.41, 5.74) is 2.16. The fourth-order valence-electron chi connectivity index (χ4n) is 3.39. The van der Waals surface area contributed by atoms with E-state index < -0.39 is 22.1 Å². The van der Waals surface area contributed by atoms with Crippen molar-refractivity contribution in [2.75, 3.05) is 0 Å². The Morgan fingerprint density at radius 2 is 1.61 bits per heavy atom. The van der Waals surface area contributed by atoms with Crippen LogP contribution in [0.3, 0.4) is 0 Å². The number of carbonyl (C=O) groups is 1. The van der Waals surface area contributed by atoms with Crippen molar-refractivity contribution in [1.82, 2.24) is 4.31 Å². The Morgan fingerprint density at radius 1 is 0.929 bits per heavy atom. The first kappa shape index (κ1) is 18.9. The Bertz CT molecular complexity index is 1130. The summed E-state index contributed by atoms with van der Waals surface area (Å²) in [4.78, 5) is 13.3. The molecule has 4 nitrogen and oxygen atoms in total. The maximum absolute atomic E-state index is 13.3. The number of ketones is 1. The van der Waals surface area contributed by atoms with Crippen molar-refractivity contribution in [3.8, 4) is 0 Å². The minimum atomic E-state index is -3.83. The lowest BCUT2D eigenvalue weighted by molar-refractivity contribution is 0.0981. The summed E-state index contributed by atoms with van der Waals surface area (Å²) in [5.74, 6) is -0.221. The van der Waals surface area contributed by atoms with Crippen molar-refractivity contribution in [3.05, 3.63) is 101 Å². The van der Waals surface area contributed by atoms with Crippen molar-refractivity contribution in [1.29, 1.82) is 0 Å². The van der Waals surface area contributed by atoms with Gasteiger partial charge in [0.1, 0.15) is 6.04 Å². The molecule has 0 radical (unpaired) electrons. The first-order valence-corrected chi connectivity index (χ1v) is 10.7. The van der Waals surface area contributed by atoms with Crippen LogP contribution in [0.4, 0.5) is 0 Å². The van der Waals surface area contributed by atoms with Gasteiger partial charge in [0.2, 0.25) is 10.0 Å². The SMILES string of the molecule is Cc1ccc(S(=O)(=O)N2C(C(=O)c3ccccc3)C2c2cccc(Cl)c2)cc1. The van der Waals surface area contributed by atoms with Crippen LogP contribution in [0.5, 0.6) is 0 Å². The lowest BCUT2D eigenvalue weighted by atomic mass is 10.0. The number of carbonyl (C=O) groups excluding carboxylic acids is 1. The molecule has 0 amide bonds. The molecule has 3 aromatic carbocycles. The van der Waals surface area contributed by atoms with E-state index >= 15 is 0 Å². The highest BCUT2D eigenvalue weighted by molar-refractivity contribution is 7.89. The molecule has 0 saturated carbocycles. The van der Waals surface area contributed by atoms with E-state index in [1.165, 1.54) is 4.31 Å². The second-order valence-corrected chi connectivity index (χ2v) is 9.10. The van der Waals surface area contributed by atoms with Crippen molar-refractivity contribution >= 4 is 27.4 Å². The standard InChI is InChI=1S/C22H18ClNO3S/c1-15-10-12-19(13-11-15)28(26,27)24-20(17-8-5-9-18(23)14-17)21(24)22(25)16-6-3-2-4-7-16/h2-14,20-21H,1H3. The fourth-order valence-corrected chi connectivity index (χ4v) is 5.31. The average molecular weight is 412 g/mol. The van der Waals surface area contributed by atoms with E-state index in [0.717, 1.165) is 5.56 Å². The van der Waals surface area contributed by atoms with E-state index in [1.807, 2.05) is 13.0 Å². The smallest absolute Gasteiger partial charge is 0.244 e. The Kier molecular flexibility index (Phi) is 4.83. The molecule has 0 spiro atoms. The van der Waals surface area contributed by atoms with Crippen LogP contribution in [0.25, 0.3) is 0 Å². The van der Waals surface area contributed by atoms with Gasteiger partial charge in [-0.1, -0.05) is 71.8 Å². The van der Waals surface area contributed by atoms with E-state index in [4.69, 9.17) is 11.6 Å². The van der Waals surface area contributed by atoms with Crippen molar-refractivity contribution in [3.63, 3.8) is 0 Å². The Labute approximate surface area is 169 Å². The van der Waals surface area contributed by atoms with Gasteiger partial charge in [0, 0.05) is 10.6 Å². The topological polar surface area (TPSA) is 54.2 Å². The highest BCUT2D eigenvalue weighted by Crippen LogP contribution is 2.49. The average Bonchev–Trinajstić information content (AvgIpc) is 3.45. The number of nitrogens with zero attached hydrogens (tertiary/aromatic N) is 1. The van der Waals surface area contributed by atoms with Crippen LogP contribution in [0, 0.1) is 6.92 Å². The Balaban J connectivity index is 1.76. The minimum absolute atomic E-state index is 0.175. The van der Waals surface area contributed by atoms with Crippen LogP contribution < -0.4 is 0 Å². The number of hydrogen-bond acceptors (Lipinski definition) is 3. The molecule has 3 atom stereocenters. The minimum Gasteiger partial charge on any atom is -0.292 e. The first-order valence-electron chi connectivity index (χ1n) is 8.84. The molecule has 6 heteroatoms. The van der Waals surface area contributed by atoms with Gasteiger partial charge in [-0.25, -0.2) is 8.42 Å². The van der Waals surface area contributed by atoms with Crippen molar-refractivity contribution in [2.24, 2.45) is 0 Å². The van der Waals surface area contributed by atoms with E-state index in [1.54, 1.807) is 72.8 Å². The summed E-state index contributed by atoms with van der Waals surface area (Å²) in [6, 6.07) is 21.0. The summed E-state index contributed by atoms with van der Waals surface area (Å²) < 4.78 is 27.8. The lowest BCUT2D eigenvalue weighted by Gasteiger charge is -2.07. The highest BCUT2D eigenvalue weighted by Gasteiger charge is 2.60. The van der Waals surface area contributed by atoms with Gasteiger partial charge in [-0.2, -0.15) is 4.31 Å². The summed E-state index contributed by atoms with van der Waals surface area (Å²) in [7, 11) is -3.83. The molecule has 3 unspecified atom stereocenters. The summed E-state index contributed by atoms with van der Waals surface area (Å²) in [6.45, 7) is 1.89. The number of benzene rings is 3. The van der Waals surface area contributed by atoms with Gasteiger partial charge in [-0.15, -0.1) is 0 Å². The Morgan fingerprint density at radius 3 is 2.25 bits per heavy atom. The quantitative estimate of drug-likeness (QED) is 0.453. The monoisotopic (exact) mass is 411 g/mol. The van der Waals surface area contributed by atoms with Crippen LogP contribution >= 0.6 is 11.6 Å². The molecule has 4 rings (SSSR count). The third kappa shape index (κ3) is 3.37. The van der Waals surface area contributed by atoms with Crippen LogP contribution in [-0.2, 0) is 10.0 Å². The molecule has 0 N–H and O–H groups in total. The van der Waals surface area contributed by atoms with Crippen molar-refractivity contribution in [2.45, 2.75) is 23.9 Å². The first-order chi connectivity index (χ1) is 13.4. The fraction of sp³-hybridized carbons (Fsp3) is 0.136. The van der Waals surface area contributed by atoms with Crippen LogP contribution in [-0.4, -0.2) is 24.5 Å². The van der Waals surface area contributed by atoms with Gasteiger partial charge >= 0.3 is 0 Å². The molecule has 0 aromatic heterocycles. The molecular weight excluding hydrogens is 394 g/mol. The molecule has 1 heterocycles. The molecule has 1 fully saturated rings. The third-order valence-corrected chi connectivity index (χ3v) is 6.98. The summed E-state index contributed by atoms with van der Waals surface area (Å²) in [5, 5.41) is 0.503. The molecule has 0 bridgehead atoms. The maximum atomic E-state index is 13.3. The van der Waals surface area contributed by atoms with Gasteiger partial charge in [0.15, 0.2) is 5.78 Å². The predicted octanol–water partition coefficient (Wildman–Crippen LogP) is 4.65. The zero-order valence-corrected chi connectivity index (χ0v) is 16.7. The zero-order valence-electron chi connectivity index (χ0n) is 15.1. The van der Waals surface area contributed by atoms with Crippen LogP contribution in [0.15, 0.2) is 83.8 Å². The third-order valence-electron chi connectivity index (χ3n) is 4.87. The van der Waals surface area contributed by atoms with Crippen LogP contribution in [0.2, 0.25) is 5.02 Å².